The van der Waals surface area contributed by atoms with E-state index in [-0.39, 0.29) is 65.3 Å². The molecule has 2 aromatic heterocycles. The Kier molecular flexibility index (Phi) is 14.5. The summed E-state index contributed by atoms with van der Waals surface area (Å²) in [4.78, 5) is 4.86. The zero-order valence-corrected chi connectivity index (χ0v) is 70.9. The Morgan fingerprint density at radius 3 is 0.800 bits per heavy atom. The van der Waals surface area contributed by atoms with Gasteiger partial charge in [0.15, 0.2) is 0 Å². The molecule has 0 fully saturated rings. The maximum absolute atomic E-state index is 10.1. The van der Waals surface area contributed by atoms with Crippen molar-refractivity contribution in [1.29, 1.82) is 0 Å². The summed E-state index contributed by atoms with van der Waals surface area (Å²) in [5.74, 6) is 0. The molecule has 0 bridgehead atoms. The summed E-state index contributed by atoms with van der Waals surface area (Å²) in [6.07, 6.45) is 3.02. The number of hydrogen-bond donors (Lipinski definition) is 0. The summed E-state index contributed by atoms with van der Waals surface area (Å²) >= 11 is 0. The lowest BCUT2D eigenvalue weighted by Crippen LogP contribution is -2.61. The van der Waals surface area contributed by atoms with Crippen molar-refractivity contribution in [3.8, 4) is 55.9 Å². The van der Waals surface area contributed by atoms with Gasteiger partial charge in [-0.15, -0.1) is 0 Å². The lowest BCUT2D eigenvalue weighted by Gasteiger charge is -2.47. The van der Waals surface area contributed by atoms with E-state index in [1.165, 1.54) is 0 Å². The van der Waals surface area contributed by atoms with Crippen molar-refractivity contribution in [3.05, 3.63) is 305 Å². The second-order valence-electron chi connectivity index (χ2n) is 40.4. The molecule has 0 N–H and O–H groups in total. The van der Waals surface area contributed by atoms with Crippen molar-refractivity contribution in [3.63, 3.8) is 0 Å². The van der Waals surface area contributed by atoms with E-state index < -0.39 is 120 Å². The molecule has 13 aromatic carbocycles. The Morgan fingerprint density at radius 1 is 0.278 bits per heavy atom. The summed E-state index contributed by atoms with van der Waals surface area (Å²) in [5.41, 5.74) is 20.3. The molecule has 0 saturated heterocycles. The number of para-hydroxylation sites is 4. The molecule has 0 saturated carbocycles. The average Bonchev–Trinajstić information content (AvgIpc) is 0.950. The van der Waals surface area contributed by atoms with Crippen molar-refractivity contribution in [2.75, 3.05) is 9.80 Å². The molecule has 0 amide bonds. The van der Waals surface area contributed by atoms with Crippen molar-refractivity contribution < 1.29 is 21.9 Å². The number of aromatic nitrogens is 2. The van der Waals surface area contributed by atoms with E-state index in [9.17, 15) is 21.9 Å². The van der Waals surface area contributed by atoms with Crippen LogP contribution in [0, 0.1) is 21.7 Å². The van der Waals surface area contributed by atoms with E-state index in [2.05, 4.69) is 301 Å². The Hall–Kier alpha value is -10.9. The Bertz CT molecular complexity index is 6630. The highest BCUT2D eigenvalue weighted by Gasteiger charge is 2.47. The van der Waals surface area contributed by atoms with E-state index in [1.54, 1.807) is 9.13 Å². The standard InChI is InChI=1S/C110H115BN4/c1-104(2,3)66-70-34-30-38-74(54-70)87-58-78(108(13,14)15)59-88(75-39-31-35-71(55-75)67-105(4,5)6)102(87)114-97-64-81(112-93-46-26-22-42-83(93)84-43-23-27-47-94(84)112)50-52-91(97)111-92-53-51-82(113-95-48-28-24-44-85(95)86-45-25-29-49-96(86)113)65-98(92)115(100-63-80(110(19,20)21)62-99(114)101(100)111)103-89(76-40-32-36-72(56-76)68-106(7,8)9)60-79(109(16,17)18)61-90(103)77-41-33-37-73(57-77)69-107(10,11)12/h22-65H,66-69H2,1-21H3/i22D,23D,24D,25D,26D,27D,28D,29D,42D,43D,44D,45D,46D,47D,48D,49D. The SMILES string of the molecule is [2H]c1c([2H])c([2H])c2c(c1[2H])c1c([2H])c([2H])c([2H])c([2H])c1n2-c1ccc2c(c1)N(c1c(-c3cccc(CC(C)(C)C)c3)cc(C(C)(C)C)cc1-c1cccc(CC(C)(C)C)c1)c1cc(C(C)(C)C)cc3c1B2c1ccc(-n2c4c([2H])c([2H])c([2H])c([2H])c4c4c([2H])c([2H])c([2H])c([2H])c42)cc1N3c1c(-c2cccc(CC(C)(C)C)c2)cc(C(C)(C)C)cc1-c1cccc(CC(C)(C)C)c1. The fourth-order valence-corrected chi connectivity index (χ4v) is 17.9. The third-order valence-electron chi connectivity index (χ3n) is 22.8. The fourth-order valence-electron chi connectivity index (χ4n) is 17.9. The van der Waals surface area contributed by atoms with Crippen LogP contribution in [0.4, 0.5) is 34.1 Å². The van der Waals surface area contributed by atoms with Gasteiger partial charge >= 0.3 is 0 Å². The Labute approximate surface area is 708 Å². The maximum atomic E-state index is 10.1. The highest BCUT2D eigenvalue weighted by molar-refractivity contribution is 7.00. The number of rotatable bonds is 12. The second kappa shape index (κ2) is 28.0. The van der Waals surface area contributed by atoms with E-state index in [1.807, 2.05) is 24.3 Å². The highest BCUT2D eigenvalue weighted by atomic mass is 15.2. The summed E-state index contributed by atoms with van der Waals surface area (Å²) in [6, 6.07) is 53.8. The number of anilines is 6. The van der Waals surface area contributed by atoms with Crippen LogP contribution in [0.5, 0.6) is 0 Å². The van der Waals surface area contributed by atoms with Crippen LogP contribution in [-0.2, 0) is 41.9 Å². The van der Waals surface area contributed by atoms with Crippen LogP contribution in [0.15, 0.2) is 267 Å². The first-order valence-corrected chi connectivity index (χ1v) is 40.9. The molecule has 4 heterocycles. The Morgan fingerprint density at radius 2 is 0.539 bits per heavy atom. The molecule has 0 spiro atoms. The highest BCUT2D eigenvalue weighted by Crippen LogP contribution is 2.56. The molecule has 0 aliphatic carbocycles. The summed E-state index contributed by atoms with van der Waals surface area (Å²) in [5, 5.41) is -0.250. The van der Waals surface area contributed by atoms with Crippen molar-refractivity contribution in [2.24, 2.45) is 21.7 Å². The average molecular weight is 1520 g/mol. The quantitative estimate of drug-likeness (QED) is 0.113. The molecule has 5 heteroatoms. The molecule has 0 radical (unpaired) electrons. The number of fused-ring (bicyclic) bond motifs is 10. The first-order chi connectivity index (χ1) is 61.0. The van der Waals surface area contributed by atoms with Crippen molar-refractivity contribution in [1.82, 2.24) is 9.13 Å². The molecule has 2 aliphatic rings. The van der Waals surface area contributed by atoms with Crippen LogP contribution in [0.3, 0.4) is 0 Å². The van der Waals surface area contributed by atoms with Gasteiger partial charge in [0.1, 0.15) is 0 Å². The van der Waals surface area contributed by atoms with Gasteiger partial charge < -0.3 is 18.9 Å². The van der Waals surface area contributed by atoms with Crippen molar-refractivity contribution >= 4 is 101 Å². The van der Waals surface area contributed by atoms with Gasteiger partial charge in [-0.2, -0.15) is 0 Å². The smallest absolute Gasteiger partial charge is 0.252 e. The molecule has 0 unspecified atom stereocenters. The largest absolute Gasteiger partial charge is 0.310 e. The van der Waals surface area contributed by atoms with Gasteiger partial charge in [0.25, 0.3) is 6.71 Å². The molecule has 15 aromatic rings. The van der Waals surface area contributed by atoms with Gasteiger partial charge in [-0.3, -0.25) is 0 Å². The van der Waals surface area contributed by atoms with Crippen LogP contribution in [-0.4, -0.2) is 15.8 Å². The third kappa shape index (κ3) is 14.6. The van der Waals surface area contributed by atoms with Gasteiger partial charge in [0.2, 0.25) is 0 Å². The molecule has 578 valence electrons. The van der Waals surface area contributed by atoms with Crippen LogP contribution < -0.4 is 26.2 Å². The lowest BCUT2D eigenvalue weighted by molar-refractivity contribution is 0.411. The minimum absolute atomic E-state index is 0.0387. The summed E-state index contributed by atoms with van der Waals surface area (Å²) < 4.78 is 157. The molecule has 115 heavy (non-hydrogen) atoms. The second-order valence-corrected chi connectivity index (χ2v) is 40.4. The van der Waals surface area contributed by atoms with Gasteiger partial charge in [0.05, 0.1) is 55.4 Å². The van der Waals surface area contributed by atoms with E-state index in [0.717, 1.165) is 148 Å². The third-order valence-corrected chi connectivity index (χ3v) is 22.8. The predicted octanol–water partition coefficient (Wildman–Crippen LogP) is 28.9. The van der Waals surface area contributed by atoms with Gasteiger partial charge in [-0.25, -0.2) is 0 Å². The normalized spacial score (nSPS) is 15.5. The van der Waals surface area contributed by atoms with E-state index in [0.29, 0.717) is 22.7 Å². The van der Waals surface area contributed by atoms with E-state index >= 15 is 0 Å². The Balaban J connectivity index is 1.14. The molecular weight excluding hydrogens is 1390 g/mol. The van der Waals surface area contributed by atoms with Gasteiger partial charge in [-0.05, 0) is 226 Å². The molecule has 17 rings (SSSR count). The van der Waals surface area contributed by atoms with E-state index in [4.69, 9.17) is 0 Å². The minimum Gasteiger partial charge on any atom is -0.310 e. The van der Waals surface area contributed by atoms with Crippen LogP contribution in [0.25, 0.3) is 99.5 Å². The molecule has 2 aliphatic heterocycles. The van der Waals surface area contributed by atoms with Gasteiger partial charge in [-0.1, -0.05) is 327 Å². The summed E-state index contributed by atoms with van der Waals surface area (Å²) in [6.45, 7) is 46.5. The predicted molar refractivity (Wildman–Crippen MR) is 500 cm³/mol. The van der Waals surface area contributed by atoms with Crippen LogP contribution in [0.1, 0.15) is 206 Å². The van der Waals surface area contributed by atoms with Crippen LogP contribution in [0.2, 0.25) is 0 Å². The van der Waals surface area contributed by atoms with Crippen LogP contribution >= 0.6 is 0 Å². The number of hydrogen-bond acceptors (Lipinski definition) is 2. The topological polar surface area (TPSA) is 16.3 Å². The lowest BCUT2D eigenvalue weighted by atomic mass is 9.33. The monoisotopic (exact) mass is 1520 g/mol. The molecular formula is C110H115BN4. The van der Waals surface area contributed by atoms with Crippen molar-refractivity contribution in [2.45, 2.75) is 187 Å². The zero-order chi connectivity index (χ0) is 94.9. The fraction of sp³-hybridized carbons (Fsp3) is 0.291. The number of nitrogens with zero attached hydrogens (tertiary/aromatic N) is 4. The maximum Gasteiger partial charge on any atom is 0.252 e. The first-order valence-electron chi connectivity index (χ1n) is 48.9. The molecule has 0 atom stereocenters. The summed E-state index contributed by atoms with van der Waals surface area (Å²) in [7, 11) is 0. The minimum atomic E-state index is -0.785. The zero-order valence-electron chi connectivity index (χ0n) is 86.9. The molecule has 4 nitrogen and oxygen atoms in total. The number of benzene rings is 13. The van der Waals surface area contributed by atoms with Gasteiger partial charge in [0, 0.05) is 77.9 Å². The first kappa shape index (κ1) is 59.8.